The number of alkyl halides is 3. The first-order valence-corrected chi connectivity index (χ1v) is 11.3. The fraction of sp³-hybridized carbons (Fsp3) is 0.360. The van der Waals surface area contributed by atoms with Crippen molar-refractivity contribution in [1.82, 2.24) is 10.1 Å². The highest BCUT2D eigenvalue weighted by Crippen LogP contribution is 2.38. The lowest BCUT2D eigenvalue weighted by molar-refractivity contribution is -0.141. The molecule has 0 aliphatic heterocycles. The van der Waals surface area contributed by atoms with Crippen LogP contribution in [0.2, 0.25) is 0 Å². The van der Waals surface area contributed by atoms with Crippen LogP contribution < -0.4 is 9.47 Å². The number of halogens is 3. The topological polar surface area (TPSA) is 97.6 Å². The number of aromatic nitrogens is 2. The number of carboxylic acid groups (broad SMARTS) is 1. The number of aryl methyl sites for hydroxylation is 1. The van der Waals surface area contributed by atoms with Crippen LogP contribution in [0.25, 0.3) is 21.9 Å². The number of carboxylic acids is 1. The first kappa shape index (κ1) is 24.4. The Morgan fingerprint density at radius 1 is 1.17 bits per heavy atom. The summed E-state index contributed by atoms with van der Waals surface area (Å²) >= 11 is 0. The normalized spacial score (nSPS) is 12.8. The Labute approximate surface area is 198 Å². The third-order valence-corrected chi connectivity index (χ3v) is 5.81. The van der Waals surface area contributed by atoms with Gasteiger partial charge in [-0.05, 0) is 49.2 Å². The van der Waals surface area contributed by atoms with Crippen molar-refractivity contribution in [2.24, 2.45) is 0 Å². The molecule has 0 bridgehead atoms. The summed E-state index contributed by atoms with van der Waals surface area (Å²) in [5.74, 6) is -0.496. The van der Waals surface area contributed by atoms with E-state index in [1.165, 1.54) is 12.1 Å². The second-order valence-corrected chi connectivity index (χ2v) is 8.26. The molecule has 0 fully saturated rings. The van der Waals surface area contributed by atoms with Gasteiger partial charge in [0.15, 0.2) is 11.3 Å². The number of fused-ring (bicyclic) bond motifs is 2. The molecule has 0 radical (unpaired) electrons. The Balaban J connectivity index is 1.39. The Hall–Kier alpha value is -3.69. The van der Waals surface area contributed by atoms with E-state index in [1.54, 1.807) is 25.3 Å². The summed E-state index contributed by atoms with van der Waals surface area (Å²) in [6.45, 7) is 4.17. The molecule has 4 aromatic rings. The highest BCUT2D eigenvalue weighted by molar-refractivity contribution is 5.90. The van der Waals surface area contributed by atoms with Gasteiger partial charge in [-0.3, -0.25) is 4.79 Å². The standard InChI is InChI=1S/C25H25F3N2O5/c1-3-5-16-21(9-7-17-22(16)35-30-23(17)25(26,27)28)34-11-4-10-33-15-6-8-20-18(12-15)19(13-29-20)14(2)24(31)32/h6-9,12-14,29H,3-5,10-11H2,1-2H3,(H,31,32). The summed E-state index contributed by atoms with van der Waals surface area (Å²) in [4.78, 5) is 14.4. The van der Waals surface area contributed by atoms with Crippen LogP contribution in [0, 0.1) is 0 Å². The molecular formula is C25H25F3N2O5. The van der Waals surface area contributed by atoms with E-state index in [0.29, 0.717) is 48.5 Å². The fourth-order valence-electron chi connectivity index (χ4n) is 4.00. The Morgan fingerprint density at radius 3 is 2.66 bits per heavy atom. The summed E-state index contributed by atoms with van der Waals surface area (Å²) in [6.07, 6.45) is -1.19. The predicted octanol–water partition coefficient (Wildman–Crippen LogP) is 6.32. The molecular weight excluding hydrogens is 465 g/mol. The van der Waals surface area contributed by atoms with E-state index in [1.807, 2.05) is 13.0 Å². The zero-order chi connectivity index (χ0) is 25.2. The Morgan fingerprint density at radius 2 is 1.94 bits per heavy atom. The van der Waals surface area contributed by atoms with Crippen LogP contribution in [0.5, 0.6) is 11.5 Å². The number of benzene rings is 2. The molecule has 0 aliphatic carbocycles. The number of aliphatic carboxylic acids is 1. The molecule has 0 amide bonds. The van der Waals surface area contributed by atoms with Gasteiger partial charge in [-0.2, -0.15) is 13.2 Å². The first-order chi connectivity index (χ1) is 16.7. The molecule has 0 saturated carbocycles. The molecule has 10 heteroatoms. The summed E-state index contributed by atoms with van der Waals surface area (Å²) in [7, 11) is 0. The second-order valence-electron chi connectivity index (χ2n) is 8.26. The average Bonchev–Trinajstić information content (AvgIpc) is 3.43. The van der Waals surface area contributed by atoms with E-state index in [2.05, 4.69) is 10.1 Å². The lowest BCUT2D eigenvalue weighted by Gasteiger charge is -2.12. The maximum atomic E-state index is 13.2. The van der Waals surface area contributed by atoms with E-state index >= 15 is 0 Å². The largest absolute Gasteiger partial charge is 0.493 e. The number of H-pyrrole nitrogens is 1. The number of ether oxygens (including phenoxy) is 2. The molecule has 186 valence electrons. The first-order valence-electron chi connectivity index (χ1n) is 11.3. The third-order valence-electron chi connectivity index (χ3n) is 5.81. The highest BCUT2D eigenvalue weighted by atomic mass is 19.4. The predicted molar refractivity (Wildman–Crippen MR) is 123 cm³/mol. The van der Waals surface area contributed by atoms with Crippen LogP contribution in [0.1, 0.15) is 49.4 Å². The number of hydrogen-bond acceptors (Lipinski definition) is 5. The zero-order valence-electron chi connectivity index (χ0n) is 19.2. The monoisotopic (exact) mass is 490 g/mol. The van der Waals surface area contributed by atoms with Crippen molar-refractivity contribution >= 4 is 27.8 Å². The molecule has 1 atom stereocenters. The number of rotatable bonds is 10. The van der Waals surface area contributed by atoms with Crippen molar-refractivity contribution in [3.05, 3.63) is 53.3 Å². The van der Waals surface area contributed by atoms with Crippen LogP contribution in [-0.4, -0.2) is 34.4 Å². The van der Waals surface area contributed by atoms with Crippen molar-refractivity contribution in [2.75, 3.05) is 13.2 Å². The smallest absolute Gasteiger partial charge is 0.437 e. The number of aromatic amines is 1. The van der Waals surface area contributed by atoms with Crippen LogP contribution in [0.4, 0.5) is 13.2 Å². The van der Waals surface area contributed by atoms with Gasteiger partial charge in [0.25, 0.3) is 0 Å². The van der Waals surface area contributed by atoms with Crippen LogP contribution >= 0.6 is 0 Å². The van der Waals surface area contributed by atoms with Gasteiger partial charge in [0.05, 0.1) is 24.5 Å². The number of hydrogen-bond donors (Lipinski definition) is 2. The molecule has 0 spiro atoms. The van der Waals surface area contributed by atoms with Gasteiger partial charge >= 0.3 is 12.1 Å². The molecule has 2 aromatic carbocycles. The van der Waals surface area contributed by atoms with Crippen LogP contribution in [0.3, 0.4) is 0 Å². The van der Waals surface area contributed by atoms with Crippen molar-refractivity contribution < 1.29 is 37.1 Å². The maximum absolute atomic E-state index is 13.2. The zero-order valence-corrected chi connectivity index (χ0v) is 19.2. The summed E-state index contributed by atoms with van der Waals surface area (Å²) in [6, 6.07) is 8.27. The molecule has 35 heavy (non-hydrogen) atoms. The summed E-state index contributed by atoms with van der Waals surface area (Å²) in [5, 5.41) is 13.2. The van der Waals surface area contributed by atoms with Crippen LogP contribution in [0.15, 0.2) is 41.1 Å². The van der Waals surface area contributed by atoms with Gasteiger partial charge in [0.1, 0.15) is 11.5 Å². The van der Waals surface area contributed by atoms with Crippen LogP contribution in [-0.2, 0) is 17.4 Å². The van der Waals surface area contributed by atoms with Crippen molar-refractivity contribution in [3.8, 4) is 11.5 Å². The molecule has 2 N–H and O–H groups in total. The molecule has 2 heterocycles. The lowest BCUT2D eigenvalue weighted by Crippen LogP contribution is -2.07. The number of nitrogens with one attached hydrogen (secondary N) is 1. The Bertz CT molecular complexity index is 1340. The van der Waals surface area contributed by atoms with Gasteiger partial charge in [-0.1, -0.05) is 18.5 Å². The van der Waals surface area contributed by atoms with E-state index in [9.17, 15) is 23.1 Å². The summed E-state index contributed by atoms with van der Waals surface area (Å²) < 4.78 is 56.2. The van der Waals surface area contributed by atoms with E-state index in [0.717, 1.165) is 10.9 Å². The molecule has 4 rings (SSSR count). The minimum absolute atomic E-state index is 0.0756. The third kappa shape index (κ3) is 5.06. The fourth-order valence-corrected chi connectivity index (χ4v) is 4.00. The van der Waals surface area contributed by atoms with Crippen molar-refractivity contribution in [1.29, 1.82) is 0 Å². The van der Waals surface area contributed by atoms with Crippen molar-refractivity contribution in [3.63, 3.8) is 0 Å². The molecule has 7 nitrogen and oxygen atoms in total. The van der Waals surface area contributed by atoms with Gasteiger partial charge in [0.2, 0.25) is 0 Å². The second kappa shape index (κ2) is 9.89. The van der Waals surface area contributed by atoms with Gasteiger partial charge in [-0.25, -0.2) is 0 Å². The Kier molecular flexibility index (Phi) is 6.90. The molecule has 1 unspecified atom stereocenters. The number of carbonyl (C=O) groups is 1. The summed E-state index contributed by atoms with van der Waals surface area (Å²) in [5.41, 5.74) is 1.13. The quantitative estimate of drug-likeness (QED) is 0.253. The minimum atomic E-state index is -4.59. The molecule has 0 saturated heterocycles. The SMILES string of the molecule is CCCc1c(OCCCOc2ccc3[nH]cc(C(C)C(=O)O)c3c2)ccc2c(C(F)(F)F)noc12. The molecule has 2 aromatic heterocycles. The highest BCUT2D eigenvalue weighted by Gasteiger charge is 2.37. The minimum Gasteiger partial charge on any atom is -0.493 e. The van der Waals surface area contributed by atoms with E-state index in [-0.39, 0.29) is 17.6 Å². The maximum Gasteiger partial charge on any atom is 0.437 e. The average molecular weight is 490 g/mol. The van der Waals surface area contributed by atoms with Crippen molar-refractivity contribution in [2.45, 2.75) is 45.2 Å². The van der Waals surface area contributed by atoms with Gasteiger partial charge in [0, 0.05) is 29.1 Å². The van der Waals surface area contributed by atoms with Gasteiger partial charge in [-0.15, -0.1) is 0 Å². The lowest BCUT2D eigenvalue weighted by atomic mass is 10.0. The molecule has 0 aliphatic rings. The van der Waals surface area contributed by atoms with E-state index in [4.69, 9.17) is 14.0 Å². The number of nitrogens with zero attached hydrogens (tertiary/aromatic N) is 1. The van der Waals surface area contributed by atoms with E-state index < -0.39 is 23.8 Å². The van der Waals surface area contributed by atoms with Gasteiger partial charge < -0.3 is 24.1 Å².